The molecule has 0 amide bonds. The summed E-state index contributed by atoms with van der Waals surface area (Å²) in [6.45, 7) is 6.79. The maximum absolute atomic E-state index is 5.87. The Balaban J connectivity index is 1.74. The van der Waals surface area contributed by atoms with Crippen molar-refractivity contribution in [2.75, 3.05) is 24.6 Å². The highest BCUT2D eigenvalue weighted by Gasteiger charge is 2.07. The maximum Gasteiger partial charge on any atom is 0.123 e. The van der Waals surface area contributed by atoms with Crippen molar-refractivity contribution in [2.24, 2.45) is 5.73 Å². The van der Waals surface area contributed by atoms with Crippen LogP contribution in [0.5, 0.6) is 0 Å². The van der Waals surface area contributed by atoms with Crippen molar-refractivity contribution in [3.63, 3.8) is 0 Å². The van der Waals surface area contributed by atoms with Crippen molar-refractivity contribution < 1.29 is 0 Å². The molecule has 0 saturated carbocycles. The third kappa shape index (κ3) is 6.66. The smallest absolute Gasteiger partial charge is 0.123 e. The van der Waals surface area contributed by atoms with Gasteiger partial charge in [-0.25, -0.2) is 9.97 Å². The lowest BCUT2D eigenvalue weighted by Gasteiger charge is -2.17. The molecule has 0 aliphatic carbocycles. The molecule has 0 radical (unpaired) electrons. The fraction of sp³-hybridized carbons (Fsp3) is 0.444. The summed E-state index contributed by atoms with van der Waals surface area (Å²) in [4.78, 5) is 8.65. The topological polar surface area (TPSA) is 128 Å². The van der Waals surface area contributed by atoms with Crippen LogP contribution in [0.15, 0.2) is 24.3 Å². The minimum atomic E-state index is 0.214. The van der Waals surface area contributed by atoms with Crippen LogP contribution in [0, 0.1) is 13.8 Å². The van der Waals surface area contributed by atoms with Crippen LogP contribution in [0.1, 0.15) is 28.9 Å². The number of anilines is 2. The molecular formula is C18H29N7. The highest BCUT2D eigenvalue weighted by Crippen LogP contribution is 2.07. The first kappa shape index (κ1) is 19.1. The second-order valence-corrected chi connectivity index (χ2v) is 6.40. The third-order valence-corrected chi connectivity index (χ3v) is 3.92. The van der Waals surface area contributed by atoms with Gasteiger partial charge in [-0.15, -0.1) is 0 Å². The highest BCUT2D eigenvalue weighted by molar-refractivity contribution is 5.34. The Kier molecular flexibility index (Phi) is 7.12. The molecule has 2 rings (SSSR count). The molecule has 0 spiro atoms. The van der Waals surface area contributed by atoms with Gasteiger partial charge in [-0.1, -0.05) is 0 Å². The molecule has 0 unspecified atom stereocenters. The first-order valence-electron chi connectivity index (χ1n) is 8.56. The minimum absolute atomic E-state index is 0.214. The van der Waals surface area contributed by atoms with E-state index in [-0.39, 0.29) is 6.04 Å². The van der Waals surface area contributed by atoms with Crippen molar-refractivity contribution in [1.29, 1.82) is 0 Å². The Labute approximate surface area is 149 Å². The molecule has 1 atom stereocenters. The van der Waals surface area contributed by atoms with Gasteiger partial charge in [0.05, 0.1) is 11.4 Å². The van der Waals surface area contributed by atoms with E-state index in [9.17, 15) is 0 Å². The Morgan fingerprint density at radius 3 is 2.00 bits per heavy atom. The van der Waals surface area contributed by atoms with E-state index in [1.807, 2.05) is 38.1 Å². The van der Waals surface area contributed by atoms with Crippen LogP contribution < -0.4 is 27.8 Å². The summed E-state index contributed by atoms with van der Waals surface area (Å²) in [5.74, 6) is 1.11. The summed E-state index contributed by atoms with van der Waals surface area (Å²) < 4.78 is 0. The van der Waals surface area contributed by atoms with E-state index < -0.39 is 0 Å². The zero-order valence-electron chi connectivity index (χ0n) is 15.0. The van der Waals surface area contributed by atoms with Crippen molar-refractivity contribution in [3.05, 3.63) is 46.8 Å². The van der Waals surface area contributed by atoms with Crippen LogP contribution in [0.4, 0.5) is 11.6 Å². The van der Waals surface area contributed by atoms with Crippen LogP contribution in [-0.4, -0.2) is 29.1 Å². The van der Waals surface area contributed by atoms with Gasteiger partial charge in [-0.3, -0.25) is 0 Å². The Morgan fingerprint density at radius 1 is 0.920 bits per heavy atom. The number of nitrogens with zero attached hydrogens (tertiary/aromatic N) is 2. The lowest BCUT2D eigenvalue weighted by Crippen LogP contribution is -2.38. The Hall–Kier alpha value is -2.22. The first-order chi connectivity index (χ1) is 12.0. The molecule has 0 saturated heterocycles. The summed E-state index contributed by atoms with van der Waals surface area (Å²) in [6.07, 6.45) is 0.916. The fourth-order valence-electron chi connectivity index (χ4n) is 2.76. The average Bonchev–Trinajstić information content (AvgIpc) is 2.52. The predicted molar refractivity (Wildman–Crippen MR) is 103 cm³/mol. The SMILES string of the molecule is Cc1cc(N)nc(CNCC[C@H](CN)NCc2cc(C)cc(N)n2)c1. The molecule has 0 aliphatic rings. The summed E-state index contributed by atoms with van der Waals surface area (Å²) in [5, 5.41) is 6.83. The van der Waals surface area contributed by atoms with Gasteiger partial charge in [0.15, 0.2) is 0 Å². The first-order valence-corrected chi connectivity index (χ1v) is 8.56. The van der Waals surface area contributed by atoms with Crippen LogP contribution in [0.25, 0.3) is 0 Å². The van der Waals surface area contributed by atoms with Crippen LogP contribution in [0.3, 0.4) is 0 Å². The molecule has 136 valence electrons. The van der Waals surface area contributed by atoms with Gasteiger partial charge in [-0.2, -0.15) is 0 Å². The van der Waals surface area contributed by atoms with Crippen LogP contribution in [0.2, 0.25) is 0 Å². The van der Waals surface area contributed by atoms with Crippen molar-refractivity contribution in [1.82, 2.24) is 20.6 Å². The van der Waals surface area contributed by atoms with Gasteiger partial charge in [0.1, 0.15) is 11.6 Å². The molecule has 0 bridgehead atoms. The molecule has 8 N–H and O–H groups in total. The number of nitrogens with one attached hydrogen (secondary N) is 2. The number of rotatable bonds is 9. The minimum Gasteiger partial charge on any atom is -0.384 e. The molecule has 2 heterocycles. The molecular weight excluding hydrogens is 314 g/mol. The van der Waals surface area contributed by atoms with E-state index >= 15 is 0 Å². The number of hydrogen-bond donors (Lipinski definition) is 5. The zero-order chi connectivity index (χ0) is 18.2. The summed E-state index contributed by atoms with van der Waals surface area (Å²) in [6, 6.07) is 8.01. The lowest BCUT2D eigenvalue weighted by atomic mass is 10.2. The normalized spacial score (nSPS) is 12.3. The number of aryl methyl sites for hydroxylation is 2. The van der Waals surface area contributed by atoms with Gasteiger partial charge in [0.25, 0.3) is 0 Å². The molecule has 7 nitrogen and oxygen atoms in total. The van der Waals surface area contributed by atoms with Gasteiger partial charge in [0, 0.05) is 25.7 Å². The Bertz CT molecular complexity index is 647. The van der Waals surface area contributed by atoms with E-state index in [4.69, 9.17) is 17.2 Å². The van der Waals surface area contributed by atoms with E-state index in [1.165, 1.54) is 0 Å². The monoisotopic (exact) mass is 343 g/mol. The molecule has 2 aromatic heterocycles. The van der Waals surface area contributed by atoms with Gasteiger partial charge < -0.3 is 27.8 Å². The van der Waals surface area contributed by atoms with Gasteiger partial charge in [0.2, 0.25) is 0 Å². The second-order valence-electron chi connectivity index (χ2n) is 6.40. The number of nitrogen functional groups attached to an aromatic ring is 2. The molecule has 2 aromatic rings. The molecule has 0 aromatic carbocycles. The van der Waals surface area contributed by atoms with E-state index in [1.54, 1.807) is 0 Å². The van der Waals surface area contributed by atoms with Gasteiger partial charge >= 0.3 is 0 Å². The summed E-state index contributed by atoms with van der Waals surface area (Å²) >= 11 is 0. The number of hydrogen-bond acceptors (Lipinski definition) is 7. The number of pyridine rings is 2. The lowest BCUT2D eigenvalue weighted by molar-refractivity contribution is 0.465. The molecule has 7 heteroatoms. The van der Waals surface area contributed by atoms with Gasteiger partial charge in [-0.05, 0) is 62.2 Å². The van der Waals surface area contributed by atoms with E-state index in [2.05, 4.69) is 20.6 Å². The molecule has 0 aliphatic heterocycles. The standard InChI is InChI=1S/C18H29N7/c1-12-5-15(24-17(20)7-12)10-22-4-3-14(9-19)23-11-16-6-13(2)8-18(21)25-16/h5-8,14,22-23H,3-4,9-11,19H2,1-2H3,(H2,20,24)(H2,21,25)/t14-/m1/s1. The quantitative estimate of drug-likeness (QED) is 0.427. The second kappa shape index (κ2) is 9.31. The van der Waals surface area contributed by atoms with E-state index in [0.29, 0.717) is 31.3 Å². The summed E-state index contributed by atoms with van der Waals surface area (Å²) in [5.41, 5.74) is 21.5. The highest BCUT2D eigenvalue weighted by atomic mass is 15.0. The van der Waals surface area contributed by atoms with Crippen LogP contribution in [-0.2, 0) is 13.1 Å². The summed E-state index contributed by atoms with van der Waals surface area (Å²) in [7, 11) is 0. The van der Waals surface area contributed by atoms with Crippen molar-refractivity contribution >= 4 is 11.6 Å². The number of nitrogens with two attached hydrogens (primary N) is 3. The Morgan fingerprint density at radius 2 is 1.48 bits per heavy atom. The largest absolute Gasteiger partial charge is 0.384 e. The number of aromatic nitrogens is 2. The third-order valence-electron chi connectivity index (χ3n) is 3.92. The fourth-order valence-corrected chi connectivity index (χ4v) is 2.76. The predicted octanol–water partition coefficient (Wildman–Crippen LogP) is 0.855. The van der Waals surface area contributed by atoms with Crippen molar-refractivity contribution in [3.8, 4) is 0 Å². The average molecular weight is 343 g/mol. The van der Waals surface area contributed by atoms with E-state index in [0.717, 1.165) is 35.5 Å². The van der Waals surface area contributed by atoms with Crippen LogP contribution >= 0.6 is 0 Å². The van der Waals surface area contributed by atoms with Crippen molar-refractivity contribution in [2.45, 2.75) is 39.4 Å². The molecule has 0 fully saturated rings. The zero-order valence-corrected chi connectivity index (χ0v) is 15.0. The molecule has 25 heavy (non-hydrogen) atoms. The maximum atomic E-state index is 5.87.